The molecule has 0 saturated carbocycles. The van der Waals surface area contributed by atoms with Crippen molar-refractivity contribution in [2.75, 3.05) is 5.75 Å². The standard InChI is InChI=1S/C16H20N2S/c1-16(2,15(17)18)9-10-19-14-8-7-12-5-3-4-6-13(12)11-14/h3-8,11H,9-10H2,1-2H3,(H3,17,18). The van der Waals surface area contributed by atoms with Gasteiger partial charge < -0.3 is 5.73 Å². The van der Waals surface area contributed by atoms with Gasteiger partial charge in [0.25, 0.3) is 0 Å². The van der Waals surface area contributed by atoms with Crippen LogP contribution in [0, 0.1) is 10.8 Å². The van der Waals surface area contributed by atoms with Crippen molar-refractivity contribution in [2.24, 2.45) is 11.1 Å². The third kappa shape index (κ3) is 3.51. The first-order valence-corrected chi connectivity index (χ1v) is 7.44. The summed E-state index contributed by atoms with van der Waals surface area (Å²) >= 11 is 1.83. The summed E-state index contributed by atoms with van der Waals surface area (Å²) < 4.78 is 0. The smallest absolute Gasteiger partial charge is 0.0963 e. The quantitative estimate of drug-likeness (QED) is 0.485. The molecule has 0 radical (unpaired) electrons. The van der Waals surface area contributed by atoms with Gasteiger partial charge in [0.05, 0.1) is 5.84 Å². The third-order valence-corrected chi connectivity index (χ3v) is 4.44. The average molecular weight is 272 g/mol. The Morgan fingerprint density at radius 1 is 1.16 bits per heavy atom. The minimum atomic E-state index is -0.205. The number of amidine groups is 1. The van der Waals surface area contributed by atoms with Crippen LogP contribution >= 0.6 is 11.8 Å². The summed E-state index contributed by atoms with van der Waals surface area (Å²) in [6.45, 7) is 4.05. The fourth-order valence-corrected chi connectivity index (χ4v) is 3.04. The number of nitrogens with two attached hydrogens (primary N) is 1. The predicted octanol–water partition coefficient (Wildman–Crippen LogP) is 4.28. The molecular formula is C16H20N2S. The summed E-state index contributed by atoms with van der Waals surface area (Å²) in [6, 6.07) is 14.9. The van der Waals surface area contributed by atoms with Crippen LogP contribution in [0.2, 0.25) is 0 Å². The van der Waals surface area contributed by atoms with Crippen molar-refractivity contribution >= 4 is 28.4 Å². The number of fused-ring (bicyclic) bond motifs is 1. The van der Waals surface area contributed by atoms with E-state index in [-0.39, 0.29) is 11.3 Å². The lowest BCUT2D eigenvalue weighted by Gasteiger charge is -2.22. The number of hydrogen-bond acceptors (Lipinski definition) is 2. The molecule has 100 valence electrons. The van der Waals surface area contributed by atoms with Gasteiger partial charge in [-0.1, -0.05) is 44.2 Å². The molecular weight excluding hydrogens is 252 g/mol. The number of hydrogen-bond donors (Lipinski definition) is 2. The fraction of sp³-hybridized carbons (Fsp3) is 0.312. The highest BCUT2D eigenvalue weighted by atomic mass is 32.2. The van der Waals surface area contributed by atoms with E-state index in [0.717, 1.165) is 12.2 Å². The second kappa shape index (κ2) is 5.66. The van der Waals surface area contributed by atoms with E-state index in [1.165, 1.54) is 15.7 Å². The zero-order chi connectivity index (χ0) is 13.9. The minimum absolute atomic E-state index is 0.205. The van der Waals surface area contributed by atoms with Crippen molar-refractivity contribution in [1.82, 2.24) is 0 Å². The number of benzene rings is 2. The van der Waals surface area contributed by atoms with Crippen molar-refractivity contribution in [2.45, 2.75) is 25.2 Å². The molecule has 0 bridgehead atoms. The van der Waals surface area contributed by atoms with Gasteiger partial charge in [0, 0.05) is 10.3 Å². The molecule has 0 saturated heterocycles. The first-order valence-electron chi connectivity index (χ1n) is 6.45. The highest BCUT2D eigenvalue weighted by Gasteiger charge is 2.20. The van der Waals surface area contributed by atoms with E-state index >= 15 is 0 Å². The van der Waals surface area contributed by atoms with Crippen LogP contribution in [0.3, 0.4) is 0 Å². The van der Waals surface area contributed by atoms with E-state index in [1.807, 2.05) is 25.6 Å². The Morgan fingerprint density at radius 3 is 2.53 bits per heavy atom. The van der Waals surface area contributed by atoms with Gasteiger partial charge >= 0.3 is 0 Å². The highest BCUT2D eigenvalue weighted by Crippen LogP contribution is 2.28. The van der Waals surface area contributed by atoms with Crippen LogP contribution in [-0.2, 0) is 0 Å². The first kappa shape index (κ1) is 13.9. The minimum Gasteiger partial charge on any atom is -0.387 e. The van der Waals surface area contributed by atoms with Crippen LogP contribution in [-0.4, -0.2) is 11.6 Å². The van der Waals surface area contributed by atoms with Crippen molar-refractivity contribution in [1.29, 1.82) is 5.41 Å². The van der Waals surface area contributed by atoms with Crippen LogP contribution in [0.5, 0.6) is 0 Å². The molecule has 0 heterocycles. The molecule has 0 aliphatic carbocycles. The Morgan fingerprint density at radius 2 is 1.84 bits per heavy atom. The maximum atomic E-state index is 7.56. The van der Waals surface area contributed by atoms with Crippen LogP contribution in [0.15, 0.2) is 47.4 Å². The number of rotatable bonds is 5. The fourth-order valence-electron chi connectivity index (χ4n) is 1.82. The first-order chi connectivity index (χ1) is 8.99. The monoisotopic (exact) mass is 272 g/mol. The molecule has 19 heavy (non-hydrogen) atoms. The van der Waals surface area contributed by atoms with Gasteiger partial charge in [-0.15, -0.1) is 11.8 Å². The molecule has 0 amide bonds. The number of nitrogens with one attached hydrogen (secondary N) is 1. The molecule has 0 aliphatic rings. The van der Waals surface area contributed by atoms with E-state index in [9.17, 15) is 0 Å². The molecule has 0 atom stereocenters. The zero-order valence-corrected chi connectivity index (χ0v) is 12.3. The SMILES string of the molecule is CC(C)(CCSc1ccc2ccccc2c1)C(=N)N. The molecule has 2 rings (SSSR count). The third-order valence-electron chi connectivity index (χ3n) is 3.45. The van der Waals surface area contributed by atoms with Crippen LogP contribution < -0.4 is 5.73 Å². The Balaban J connectivity index is 2.00. The Hall–Kier alpha value is -1.48. The average Bonchev–Trinajstić information content (AvgIpc) is 2.38. The summed E-state index contributed by atoms with van der Waals surface area (Å²) in [6.07, 6.45) is 0.916. The number of thioether (sulfide) groups is 1. The molecule has 2 aromatic rings. The largest absolute Gasteiger partial charge is 0.387 e. The summed E-state index contributed by atoms with van der Waals surface area (Å²) in [5.74, 6) is 1.25. The lowest BCUT2D eigenvalue weighted by molar-refractivity contribution is 0.500. The highest BCUT2D eigenvalue weighted by molar-refractivity contribution is 7.99. The molecule has 2 nitrogen and oxygen atoms in total. The summed E-state index contributed by atoms with van der Waals surface area (Å²) in [4.78, 5) is 1.28. The van der Waals surface area contributed by atoms with E-state index in [1.54, 1.807) is 0 Å². The van der Waals surface area contributed by atoms with Gasteiger partial charge in [-0.3, -0.25) is 5.41 Å². The van der Waals surface area contributed by atoms with Crippen molar-refractivity contribution in [3.05, 3.63) is 42.5 Å². The van der Waals surface area contributed by atoms with Crippen molar-refractivity contribution in [3.8, 4) is 0 Å². The zero-order valence-electron chi connectivity index (χ0n) is 11.4. The van der Waals surface area contributed by atoms with E-state index in [2.05, 4.69) is 42.5 Å². The predicted molar refractivity (Wildman–Crippen MR) is 85.0 cm³/mol. The maximum absolute atomic E-state index is 7.56. The second-order valence-electron chi connectivity index (χ2n) is 5.40. The van der Waals surface area contributed by atoms with Gasteiger partial charge in [0.15, 0.2) is 0 Å². The molecule has 2 aromatic carbocycles. The summed E-state index contributed by atoms with van der Waals surface area (Å²) in [5, 5.41) is 10.1. The van der Waals surface area contributed by atoms with Crippen molar-refractivity contribution < 1.29 is 0 Å². The topological polar surface area (TPSA) is 49.9 Å². The van der Waals surface area contributed by atoms with Crippen molar-refractivity contribution in [3.63, 3.8) is 0 Å². The molecule has 0 fully saturated rings. The van der Waals surface area contributed by atoms with Crippen LogP contribution in [0.4, 0.5) is 0 Å². The molecule has 3 heteroatoms. The second-order valence-corrected chi connectivity index (χ2v) is 6.57. The molecule has 3 N–H and O–H groups in total. The van der Waals surface area contributed by atoms with Crippen LogP contribution in [0.25, 0.3) is 10.8 Å². The summed E-state index contributed by atoms with van der Waals surface area (Å²) in [5.41, 5.74) is 5.39. The molecule has 0 aromatic heterocycles. The molecule has 0 unspecified atom stereocenters. The summed E-state index contributed by atoms with van der Waals surface area (Å²) in [7, 11) is 0. The van der Waals surface area contributed by atoms with E-state index in [4.69, 9.17) is 11.1 Å². The van der Waals surface area contributed by atoms with E-state index in [0.29, 0.717) is 0 Å². The van der Waals surface area contributed by atoms with Gasteiger partial charge in [-0.2, -0.15) is 0 Å². The molecule has 0 spiro atoms. The van der Waals surface area contributed by atoms with E-state index < -0.39 is 0 Å². The maximum Gasteiger partial charge on any atom is 0.0963 e. The Labute approximate surface area is 118 Å². The van der Waals surface area contributed by atoms with Crippen LogP contribution in [0.1, 0.15) is 20.3 Å². The molecule has 0 aliphatic heterocycles. The van der Waals surface area contributed by atoms with Gasteiger partial charge in [-0.05, 0) is 35.1 Å². The Kier molecular flexibility index (Phi) is 4.15. The lowest BCUT2D eigenvalue weighted by atomic mass is 9.89. The van der Waals surface area contributed by atoms with Gasteiger partial charge in [-0.25, -0.2) is 0 Å². The normalized spacial score (nSPS) is 11.7. The lowest BCUT2D eigenvalue weighted by Crippen LogP contribution is -2.31. The Bertz CT molecular complexity index is 590. The van der Waals surface area contributed by atoms with Gasteiger partial charge in [0.2, 0.25) is 0 Å². The van der Waals surface area contributed by atoms with Gasteiger partial charge in [0.1, 0.15) is 0 Å².